The molecule has 1 aromatic carbocycles. The maximum absolute atomic E-state index is 11.9. The molecule has 6 heteroatoms. The predicted octanol–water partition coefficient (Wildman–Crippen LogP) is 1.35. The van der Waals surface area contributed by atoms with Gasteiger partial charge in [-0.3, -0.25) is 0 Å². The fourth-order valence-corrected chi connectivity index (χ4v) is 2.44. The predicted molar refractivity (Wildman–Crippen MR) is 75.6 cm³/mol. The lowest BCUT2D eigenvalue weighted by Crippen LogP contribution is -2.26. The maximum Gasteiger partial charge on any atom is 0.240 e. The molecule has 0 unspecified atom stereocenters. The Kier molecular flexibility index (Phi) is 6.27. The molecule has 0 aliphatic rings. The van der Waals surface area contributed by atoms with E-state index in [2.05, 4.69) is 18.6 Å². The minimum Gasteiger partial charge on any atom is -0.493 e. The fraction of sp³-hybridized carbons (Fsp3) is 0.538. The summed E-state index contributed by atoms with van der Waals surface area (Å²) in [7, 11) is -3.44. The zero-order valence-electron chi connectivity index (χ0n) is 11.4. The van der Waals surface area contributed by atoms with E-state index in [0.29, 0.717) is 37.8 Å². The van der Waals surface area contributed by atoms with Crippen LogP contribution in [0.3, 0.4) is 0 Å². The molecule has 19 heavy (non-hydrogen) atoms. The second kappa shape index (κ2) is 7.47. The monoisotopic (exact) mass is 286 g/mol. The number of nitrogens with one attached hydrogen (secondary N) is 1. The van der Waals surface area contributed by atoms with Crippen molar-refractivity contribution in [3.63, 3.8) is 0 Å². The zero-order valence-corrected chi connectivity index (χ0v) is 12.2. The molecule has 0 aliphatic carbocycles. The van der Waals surface area contributed by atoms with E-state index in [0.717, 1.165) is 0 Å². The summed E-state index contributed by atoms with van der Waals surface area (Å²) in [4.78, 5) is 0.237. The Morgan fingerprint density at radius 2 is 1.89 bits per heavy atom. The van der Waals surface area contributed by atoms with Gasteiger partial charge in [-0.2, -0.15) is 0 Å². The molecule has 0 atom stereocenters. The number of ether oxygens (including phenoxy) is 1. The van der Waals surface area contributed by atoms with Gasteiger partial charge in [0.2, 0.25) is 10.0 Å². The molecule has 108 valence electrons. The van der Waals surface area contributed by atoms with Crippen LogP contribution in [0.15, 0.2) is 29.2 Å². The molecule has 0 fully saturated rings. The summed E-state index contributed by atoms with van der Waals surface area (Å²) in [5.41, 5.74) is 5.32. The first-order valence-corrected chi connectivity index (χ1v) is 7.86. The van der Waals surface area contributed by atoms with Crippen molar-refractivity contribution < 1.29 is 13.2 Å². The molecular weight excluding hydrogens is 264 g/mol. The Morgan fingerprint density at radius 3 is 2.42 bits per heavy atom. The van der Waals surface area contributed by atoms with Crippen LogP contribution in [-0.4, -0.2) is 28.1 Å². The lowest BCUT2D eigenvalue weighted by molar-refractivity contribution is 0.271. The van der Waals surface area contributed by atoms with Gasteiger partial charge in [-0.25, -0.2) is 13.1 Å². The van der Waals surface area contributed by atoms with E-state index in [-0.39, 0.29) is 4.90 Å². The lowest BCUT2D eigenvalue weighted by atomic mass is 10.2. The van der Waals surface area contributed by atoms with Crippen LogP contribution < -0.4 is 15.2 Å². The van der Waals surface area contributed by atoms with Gasteiger partial charge < -0.3 is 10.5 Å². The smallest absolute Gasteiger partial charge is 0.240 e. The molecule has 0 radical (unpaired) electrons. The van der Waals surface area contributed by atoms with Crippen LogP contribution in [0.4, 0.5) is 0 Å². The average Bonchev–Trinajstić information content (AvgIpc) is 2.37. The molecule has 0 aliphatic heterocycles. The molecule has 0 heterocycles. The van der Waals surface area contributed by atoms with Crippen LogP contribution in [0.1, 0.15) is 20.3 Å². The Balaban J connectivity index is 2.64. The van der Waals surface area contributed by atoms with Crippen molar-refractivity contribution in [2.75, 3.05) is 19.7 Å². The zero-order chi connectivity index (χ0) is 14.3. The summed E-state index contributed by atoms with van der Waals surface area (Å²) in [6.45, 7) is 5.54. The Morgan fingerprint density at radius 1 is 1.26 bits per heavy atom. The van der Waals surface area contributed by atoms with E-state index >= 15 is 0 Å². The highest BCUT2D eigenvalue weighted by atomic mass is 32.2. The minimum atomic E-state index is -3.44. The van der Waals surface area contributed by atoms with Gasteiger partial charge in [0.15, 0.2) is 0 Å². The topological polar surface area (TPSA) is 81.4 Å². The van der Waals surface area contributed by atoms with Crippen LogP contribution >= 0.6 is 0 Å². The van der Waals surface area contributed by atoms with Gasteiger partial charge >= 0.3 is 0 Å². The van der Waals surface area contributed by atoms with E-state index in [4.69, 9.17) is 10.5 Å². The second-order valence-electron chi connectivity index (χ2n) is 4.72. The number of nitrogens with two attached hydrogens (primary N) is 1. The van der Waals surface area contributed by atoms with Crippen molar-refractivity contribution in [2.45, 2.75) is 25.2 Å². The Bertz CT molecular complexity index is 469. The SMILES string of the molecule is CC(C)COc1ccc(S(=O)(=O)NCCCN)cc1. The van der Waals surface area contributed by atoms with Gasteiger partial charge in [-0.15, -0.1) is 0 Å². The fourth-order valence-electron chi connectivity index (χ4n) is 1.37. The molecule has 0 aromatic heterocycles. The van der Waals surface area contributed by atoms with E-state index < -0.39 is 10.0 Å². The molecule has 1 rings (SSSR count). The van der Waals surface area contributed by atoms with Crippen molar-refractivity contribution in [1.29, 1.82) is 0 Å². The summed E-state index contributed by atoms with van der Waals surface area (Å²) in [5.74, 6) is 1.11. The highest BCUT2D eigenvalue weighted by molar-refractivity contribution is 7.89. The molecule has 1 aromatic rings. The van der Waals surface area contributed by atoms with Crippen molar-refractivity contribution in [3.8, 4) is 5.75 Å². The molecule has 0 amide bonds. The largest absolute Gasteiger partial charge is 0.493 e. The van der Waals surface area contributed by atoms with E-state index in [9.17, 15) is 8.42 Å². The maximum atomic E-state index is 11.9. The first-order valence-electron chi connectivity index (χ1n) is 6.38. The molecule has 0 bridgehead atoms. The molecular formula is C13H22N2O3S. The number of hydrogen-bond acceptors (Lipinski definition) is 4. The van der Waals surface area contributed by atoms with Crippen LogP contribution in [0.5, 0.6) is 5.75 Å². The third-order valence-corrected chi connectivity index (χ3v) is 3.87. The van der Waals surface area contributed by atoms with E-state index in [1.807, 2.05) is 0 Å². The standard InChI is InChI=1S/C13H22N2O3S/c1-11(2)10-18-12-4-6-13(7-5-12)19(16,17)15-9-3-8-14/h4-7,11,15H,3,8-10,14H2,1-2H3. The summed E-state index contributed by atoms with van der Waals surface area (Å²) >= 11 is 0. The Labute approximate surface area is 115 Å². The van der Waals surface area contributed by atoms with Crippen molar-refractivity contribution in [3.05, 3.63) is 24.3 Å². The highest BCUT2D eigenvalue weighted by Gasteiger charge is 2.12. The molecule has 0 saturated carbocycles. The summed E-state index contributed by atoms with van der Waals surface area (Å²) in [5, 5.41) is 0. The Hall–Kier alpha value is -1.11. The van der Waals surface area contributed by atoms with Crippen LogP contribution in [0.25, 0.3) is 0 Å². The highest BCUT2D eigenvalue weighted by Crippen LogP contribution is 2.16. The second-order valence-corrected chi connectivity index (χ2v) is 6.48. The van der Waals surface area contributed by atoms with Gasteiger partial charge in [-0.1, -0.05) is 13.8 Å². The number of hydrogen-bond donors (Lipinski definition) is 2. The van der Waals surface area contributed by atoms with Gasteiger partial charge in [-0.05, 0) is 43.1 Å². The van der Waals surface area contributed by atoms with E-state index in [1.165, 1.54) is 0 Å². The number of rotatable bonds is 8. The number of sulfonamides is 1. The third-order valence-electron chi connectivity index (χ3n) is 2.39. The molecule has 5 nitrogen and oxygen atoms in total. The number of benzene rings is 1. The first-order chi connectivity index (χ1) is 8.95. The van der Waals surface area contributed by atoms with Crippen molar-refractivity contribution >= 4 is 10.0 Å². The van der Waals surface area contributed by atoms with Gasteiger partial charge in [0, 0.05) is 6.54 Å². The van der Waals surface area contributed by atoms with Crippen LogP contribution in [0.2, 0.25) is 0 Å². The average molecular weight is 286 g/mol. The molecule has 0 spiro atoms. The minimum absolute atomic E-state index is 0.237. The summed E-state index contributed by atoms with van der Waals surface area (Å²) in [6.07, 6.45) is 0.620. The van der Waals surface area contributed by atoms with Gasteiger partial charge in [0.25, 0.3) is 0 Å². The molecule has 3 N–H and O–H groups in total. The van der Waals surface area contributed by atoms with Crippen molar-refractivity contribution in [2.24, 2.45) is 11.7 Å². The third kappa shape index (κ3) is 5.59. The van der Waals surface area contributed by atoms with Gasteiger partial charge in [0.05, 0.1) is 11.5 Å². The lowest BCUT2D eigenvalue weighted by Gasteiger charge is -2.10. The van der Waals surface area contributed by atoms with E-state index in [1.54, 1.807) is 24.3 Å². The van der Waals surface area contributed by atoms with Crippen LogP contribution in [-0.2, 0) is 10.0 Å². The normalized spacial score (nSPS) is 11.8. The molecule has 0 saturated heterocycles. The quantitative estimate of drug-likeness (QED) is 0.707. The summed E-state index contributed by atoms with van der Waals surface area (Å²) < 4.78 is 31.8. The van der Waals surface area contributed by atoms with Crippen molar-refractivity contribution in [1.82, 2.24) is 4.72 Å². The first kappa shape index (κ1) is 15.9. The van der Waals surface area contributed by atoms with Gasteiger partial charge in [0.1, 0.15) is 5.75 Å². The van der Waals surface area contributed by atoms with Crippen LogP contribution in [0, 0.1) is 5.92 Å². The summed E-state index contributed by atoms with van der Waals surface area (Å²) in [6, 6.07) is 6.42.